The first-order valence-corrected chi connectivity index (χ1v) is 11.6. The topological polar surface area (TPSA) is 17.1 Å². The average molecular weight is 396 g/mol. The summed E-state index contributed by atoms with van der Waals surface area (Å²) in [6, 6.07) is 27.3. The molecule has 0 bridgehead atoms. The van der Waals surface area contributed by atoms with Gasteiger partial charge in [-0.3, -0.25) is 0 Å². The number of hydrogen-bond acceptors (Lipinski definition) is 1. The molecular weight excluding hydrogens is 371 g/mol. The van der Waals surface area contributed by atoms with Crippen LogP contribution in [0.4, 0.5) is 0 Å². The van der Waals surface area contributed by atoms with Crippen molar-refractivity contribution in [3.8, 4) is 12.3 Å². The van der Waals surface area contributed by atoms with Gasteiger partial charge in [-0.05, 0) is 30.5 Å². The molecule has 0 saturated carbocycles. The highest BCUT2D eigenvalue weighted by Crippen LogP contribution is 2.53. The van der Waals surface area contributed by atoms with Crippen LogP contribution in [0, 0.1) is 12.3 Å². The summed E-state index contributed by atoms with van der Waals surface area (Å²) in [6.45, 7) is 2.14. The van der Waals surface area contributed by atoms with Crippen molar-refractivity contribution in [3.05, 3.63) is 107 Å². The lowest BCUT2D eigenvalue weighted by Gasteiger charge is -2.21. The Balaban J connectivity index is 2.24. The van der Waals surface area contributed by atoms with Crippen LogP contribution in [0.25, 0.3) is 6.08 Å². The zero-order chi connectivity index (χ0) is 20.5. The first-order chi connectivity index (χ1) is 14.2. The number of terminal acetylenes is 1. The molecule has 0 saturated heterocycles. The predicted octanol–water partition coefficient (Wildman–Crippen LogP) is 6.37. The summed E-state index contributed by atoms with van der Waals surface area (Å²) in [4.78, 5) is 0. The van der Waals surface area contributed by atoms with Crippen LogP contribution < -0.4 is 10.6 Å². The first kappa shape index (κ1) is 20.7. The maximum Gasteiger partial charge on any atom is 0.174 e. The second-order valence-corrected chi connectivity index (χ2v) is 9.64. The van der Waals surface area contributed by atoms with E-state index >= 15 is 0 Å². The molecule has 29 heavy (non-hydrogen) atoms. The van der Waals surface area contributed by atoms with Crippen molar-refractivity contribution in [1.29, 1.82) is 0 Å². The Morgan fingerprint density at radius 1 is 0.897 bits per heavy atom. The summed E-state index contributed by atoms with van der Waals surface area (Å²) in [6.07, 6.45) is 10.2. The lowest BCUT2D eigenvalue weighted by atomic mass is 10.1. The highest BCUT2D eigenvalue weighted by Gasteiger charge is 2.31. The van der Waals surface area contributed by atoms with Crippen LogP contribution in [-0.2, 0) is 4.57 Å². The molecule has 0 fully saturated rings. The van der Waals surface area contributed by atoms with Gasteiger partial charge in [0.2, 0.25) is 0 Å². The quantitative estimate of drug-likeness (QED) is 0.258. The number of rotatable bonds is 7. The third-order valence-corrected chi connectivity index (χ3v) is 8.06. The normalized spacial score (nSPS) is 10.6. The van der Waals surface area contributed by atoms with Crippen LogP contribution in [-0.4, -0.2) is 0 Å². The molecule has 0 unspecified atom stereocenters. The molecule has 144 valence electrons. The number of hydrogen-bond donors (Lipinski definition) is 0. The van der Waals surface area contributed by atoms with E-state index in [-0.39, 0.29) is 0 Å². The molecule has 0 aliphatic heterocycles. The first-order valence-electron chi connectivity index (χ1n) is 9.93. The monoisotopic (exact) mass is 396 g/mol. The Bertz CT molecular complexity index is 1050. The zero-order valence-corrected chi connectivity index (χ0v) is 17.6. The van der Waals surface area contributed by atoms with Crippen LogP contribution in [0.2, 0.25) is 0 Å². The second kappa shape index (κ2) is 9.95. The van der Waals surface area contributed by atoms with E-state index in [9.17, 15) is 4.57 Å². The van der Waals surface area contributed by atoms with Crippen molar-refractivity contribution in [3.63, 3.8) is 0 Å². The minimum absolute atomic E-state index is 0.728. The lowest BCUT2D eigenvalue weighted by Crippen LogP contribution is -2.17. The molecule has 0 amide bonds. The molecule has 0 aliphatic rings. The van der Waals surface area contributed by atoms with Gasteiger partial charge < -0.3 is 4.57 Å². The van der Waals surface area contributed by atoms with E-state index in [1.807, 2.05) is 91.0 Å². The van der Waals surface area contributed by atoms with Gasteiger partial charge in [-0.1, -0.05) is 98.1 Å². The largest absolute Gasteiger partial charge is 0.308 e. The van der Waals surface area contributed by atoms with Crippen LogP contribution in [0.15, 0.2) is 96.0 Å². The van der Waals surface area contributed by atoms with Crippen molar-refractivity contribution in [2.24, 2.45) is 0 Å². The molecule has 3 rings (SSSR count). The van der Waals surface area contributed by atoms with Gasteiger partial charge in [0.15, 0.2) is 7.14 Å². The van der Waals surface area contributed by atoms with Gasteiger partial charge in [-0.25, -0.2) is 0 Å². The summed E-state index contributed by atoms with van der Waals surface area (Å²) in [5, 5.41) is 2.51. The zero-order valence-electron chi connectivity index (χ0n) is 16.7. The summed E-state index contributed by atoms with van der Waals surface area (Å²) < 4.78 is 14.6. The van der Waals surface area contributed by atoms with E-state index in [4.69, 9.17) is 6.42 Å². The van der Waals surface area contributed by atoms with E-state index in [0.29, 0.717) is 0 Å². The maximum atomic E-state index is 14.6. The van der Waals surface area contributed by atoms with Crippen LogP contribution in [0.5, 0.6) is 0 Å². The summed E-state index contributed by atoms with van der Waals surface area (Å²) >= 11 is 0. The number of allylic oxidation sites excluding steroid dienone is 1. The van der Waals surface area contributed by atoms with Crippen LogP contribution in [0.1, 0.15) is 37.3 Å². The summed E-state index contributed by atoms with van der Waals surface area (Å²) in [5.41, 5.74) is 5.14. The van der Waals surface area contributed by atoms with Gasteiger partial charge in [0.1, 0.15) is 0 Å². The Morgan fingerprint density at radius 2 is 1.45 bits per heavy atom. The highest BCUT2D eigenvalue weighted by atomic mass is 31.2. The molecule has 0 heterocycles. The molecule has 3 aromatic carbocycles. The third-order valence-electron chi connectivity index (χ3n) is 4.90. The van der Waals surface area contributed by atoms with Gasteiger partial charge >= 0.3 is 0 Å². The Kier molecular flexibility index (Phi) is 7.10. The molecule has 0 spiro atoms. The fourth-order valence-electron chi connectivity index (χ4n) is 3.32. The van der Waals surface area contributed by atoms with Crippen molar-refractivity contribution in [2.75, 3.05) is 0 Å². The second-order valence-electron chi connectivity index (χ2n) is 6.85. The summed E-state index contributed by atoms with van der Waals surface area (Å²) in [7, 11) is -3.00. The maximum absolute atomic E-state index is 14.6. The number of unbranched alkanes of at least 4 members (excludes halogenated alkanes) is 1. The third kappa shape index (κ3) is 4.70. The van der Waals surface area contributed by atoms with E-state index in [2.05, 4.69) is 18.6 Å². The van der Waals surface area contributed by atoms with Crippen LogP contribution in [0.3, 0.4) is 0 Å². The highest BCUT2D eigenvalue weighted by molar-refractivity contribution is 7.82. The SMILES string of the molecule is C#Cc1ccccc1C=C=C(CCCC)P(=O)(c1ccccc1)c1ccccc1. The van der Waals surface area contributed by atoms with E-state index < -0.39 is 7.14 Å². The van der Waals surface area contributed by atoms with Crippen LogP contribution >= 0.6 is 7.14 Å². The van der Waals surface area contributed by atoms with Crippen molar-refractivity contribution >= 4 is 23.8 Å². The molecule has 0 atom stereocenters. The van der Waals surface area contributed by atoms with E-state index in [1.54, 1.807) is 0 Å². The Morgan fingerprint density at radius 3 is 2.00 bits per heavy atom. The summed E-state index contributed by atoms with van der Waals surface area (Å²) in [5.74, 6) is 2.72. The van der Waals surface area contributed by atoms with Crippen molar-refractivity contribution in [2.45, 2.75) is 26.2 Å². The minimum Gasteiger partial charge on any atom is -0.308 e. The van der Waals surface area contributed by atoms with Crippen molar-refractivity contribution in [1.82, 2.24) is 0 Å². The Labute approximate surface area is 174 Å². The van der Waals surface area contributed by atoms with Gasteiger partial charge in [0.05, 0.1) is 0 Å². The molecule has 0 aromatic heterocycles. The molecular formula is C27H25OP. The number of benzene rings is 3. The smallest absolute Gasteiger partial charge is 0.174 e. The Hall–Kier alpha value is -3.03. The molecule has 1 nitrogen and oxygen atoms in total. The van der Waals surface area contributed by atoms with E-state index in [1.165, 1.54) is 0 Å². The fraction of sp³-hybridized carbons (Fsp3) is 0.148. The predicted molar refractivity (Wildman–Crippen MR) is 125 cm³/mol. The molecule has 0 radical (unpaired) electrons. The van der Waals surface area contributed by atoms with Gasteiger partial charge in [0.25, 0.3) is 0 Å². The molecule has 2 heteroatoms. The van der Waals surface area contributed by atoms with Crippen molar-refractivity contribution < 1.29 is 4.57 Å². The minimum atomic E-state index is -3.00. The van der Waals surface area contributed by atoms with Gasteiger partial charge in [-0.15, -0.1) is 12.2 Å². The van der Waals surface area contributed by atoms with Gasteiger partial charge in [-0.2, -0.15) is 0 Å². The average Bonchev–Trinajstić information content (AvgIpc) is 2.80. The molecule has 0 N–H and O–H groups in total. The molecule has 0 aliphatic carbocycles. The van der Waals surface area contributed by atoms with E-state index in [0.717, 1.165) is 46.3 Å². The fourth-order valence-corrected chi connectivity index (χ4v) is 6.14. The molecule has 3 aromatic rings. The lowest BCUT2D eigenvalue weighted by molar-refractivity contribution is 0.589. The van der Waals surface area contributed by atoms with Gasteiger partial charge in [0, 0.05) is 21.5 Å². The standard InChI is InChI=1S/C27H25OP/c1-3-5-16-27(22-21-24-15-13-12-14-23(24)4-2)29(28,25-17-8-6-9-18-25)26-19-10-7-11-20-26/h2,6-15,17-21H,3,5,16H2,1H3.